The molecule has 2 rings (SSSR count). The van der Waals surface area contributed by atoms with E-state index in [0.717, 1.165) is 5.56 Å². The minimum atomic E-state index is -0.274. The Labute approximate surface area is 165 Å². The number of benzene rings is 2. The molecule has 0 aliphatic carbocycles. The first-order chi connectivity index (χ1) is 12.6. The van der Waals surface area contributed by atoms with Gasteiger partial charge in [0.15, 0.2) is 0 Å². The van der Waals surface area contributed by atoms with Gasteiger partial charge in [0.1, 0.15) is 12.4 Å². The highest BCUT2D eigenvalue weighted by Crippen LogP contribution is 2.15. The van der Waals surface area contributed by atoms with Crippen LogP contribution in [-0.4, -0.2) is 31.5 Å². The average molecular weight is 392 g/mol. The van der Waals surface area contributed by atoms with Gasteiger partial charge >= 0.3 is 0 Å². The van der Waals surface area contributed by atoms with Crippen LogP contribution < -0.4 is 21.1 Å². The van der Waals surface area contributed by atoms with E-state index in [1.807, 2.05) is 31.2 Å². The number of hydrogen-bond donors (Lipinski definition) is 3. The fourth-order valence-electron chi connectivity index (χ4n) is 2.30. The first-order valence-electron chi connectivity index (χ1n) is 8.62. The second-order valence-electron chi connectivity index (χ2n) is 5.97. The van der Waals surface area contributed by atoms with E-state index >= 15 is 0 Å². The third-order valence-corrected chi connectivity index (χ3v) is 3.73. The van der Waals surface area contributed by atoms with Crippen LogP contribution in [0.25, 0.3) is 0 Å². The second-order valence-corrected chi connectivity index (χ2v) is 5.97. The van der Waals surface area contributed by atoms with Crippen LogP contribution in [0.3, 0.4) is 0 Å². The summed E-state index contributed by atoms with van der Waals surface area (Å²) in [4.78, 5) is 23.8. The summed E-state index contributed by atoms with van der Waals surface area (Å²) in [6, 6.07) is 15.1. The number of anilines is 1. The molecule has 0 spiro atoms. The summed E-state index contributed by atoms with van der Waals surface area (Å²) in [5.74, 6) is 0.272. The molecular weight excluding hydrogens is 366 g/mol. The van der Waals surface area contributed by atoms with E-state index in [1.165, 1.54) is 5.56 Å². The largest absolute Gasteiger partial charge is 0.492 e. The van der Waals surface area contributed by atoms with Crippen LogP contribution in [0.15, 0.2) is 48.5 Å². The Hall–Kier alpha value is -2.57. The fraction of sp³-hybridized carbons (Fsp3) is 0.300. The van der Waals surface area contributed by atoms with E-state index in [-0.39, 0.29) is 30.8 Å². The highest BCUT2D eigenvalue weighted by Gasteiger charge is 2.07. The zero-order valence-corrected chi connectivity index (χ0v) is 16.2. The minimum absolute atomic E-state index is 0. The lowest BCUT2D eigenvalue weighted by Crippen LogP contribution is -2.32. The van der Waals surface area contributed by atoms with Crippen molar-refractivity contribution >= 4 is 29.9 Å². The van der Waals surface area contributed by atoms with E-state index in [9.17, 15) is 9.59 Å². The molecule has 2 aromatic carbocycles. The highest BCUT2D eigenvalue weighted by atomic mass is 35.5. The Balaban J connectivity index is 0.00000364. The quantitative estimate of drug-likeness (QED) is 0.612. The van der Waals surface area contributed by atoms with Crippen molar-refractivity contribution in [1.29, 1.82) is 0 Å². The summed E-state index contributed by atoms with van der Waals surface area (Å²) in [5, 5.41) is 5.36. The molecule has 0 atom stereocenters. The summed E-state index contributed by atoms with van der Waals surface area (Å²) in [6.07, 6.45) is 1.00. The van der Waals surface area contributed by atoms with E-state index < -0.39 is 0 Å². The maximum absolute atomic E-state index is 11.9. The summed E-state index contributed by atoms with van der Waals surface area (Å²) >= 11 is 0. The van der Waals surface area contributed by atoms with Gasteiger partial charge in [-0.05, 0) is 43.2 Å². The number of carbonyl (C=O) groups excluding carboxylic acids is 2. The van der Waals surface area contributed by atoms with Gasteiger partial charge in [0.05, 0.1) is 6.54 Å². The van der Waals surface area contributed by atoms with Gasteiger partial charge < -0.3 is 21.1 Å². The highest BCUT2D eigenvalue weighted by molar-refractivity contribution is 5.94. The lowest BCUT2D eigenvalue weighted by Gasteiger charge is -2.09. The van der Waals surface area contributed by atoms with Gasteiger partial charge in [-0.25, -0.2) is 0 Å². The summed E-state index contributed by atoms with van der Waals surface area (Å²) in [6.45, 7) is 2.86. The normalized spacial score (nSPS) is 9.85. The molecule has 146 valence electrons. The Morgan fingerprint density at radius 3 is 2.30 bits per heavy atom. The summed E-state index contributed by atoms with van der Waals surface area (Å²) in [7, 11) is 0. The lowest BCUT2D eigenvalue weighted by molar-refractivity contribution is -0.124. The SMILES string of the molecule is Cc1ccc(CCC(=O)NCC(=O)Nc2ccc(OCCN)cc2)cc1.Cl. The molecule has 0 fully saturated rings. The van der Waals surface area contributed by atoms with Crippen LogP contribution in [0.2, 0.25) is 0 Å². The molecule has 0 aliphatic rings. The average Bonchev–Trinajstić information content (AvgIpc) is 2.65. The molecule has 0 heterocycles. The molecule has 0 radical (unpaired) electrons. The van der Waals surface area contributed by atoms with Crippen LogP contribution >= 0.6 is 12.4 Å². The van der Waals surface area contributed by atoms with Crippen molar-refractivity contribution in [1.82, 2.24) is 5.32 Å². The topological polar surface area (TPSA) is 93.5 Å². The summed E-state index contributed by atoms with van der Waals surface area (Å²) < 4.78 is 5.37. The minimum Gasteiger partial charge on any atom is -0.492 e. The van der Waals surface area contributed by atoms with Crippen molar-refractivity contribution in [3.63, 3.8) is 0 Å². The van der Waals surface area contributed by atoms with Gasteiger partial charge in [-0.1, -0.05) is 29.8 Å². The van der Waals surface area contributed by atoms with Crippen LogP contribution in [0.5, 0.6) is 5.75 Å². The Bertz CT molecular complexity index is 718. The number of carbonyl (C=O) groups is 2. The van der Waals surface area contributed by atoms with Crippen molar-refractivity contribution in [3.05, 3.63) is 59.7 Å². The monoisotopic (exact) mass is 391 g/mol. The first kappa shape index (κ1) is 22.5. The molecular formula is C20H26ClN3O3. The van der Waals surface area contributed by atoms with Gasteiger partial charge in [0, 0.05) is 18.7 Å². The lowest BCUT2D eigenvalue weighted by atomic mass is 10.1. The molecule has 2 amide bonds. The molecule has 0 unspecified atom stereocenters. The Morgan fingerprint density at radius 2 is 1.67 bits per heavy atom. The maximum atomic E-state index is 11.9. The number of nitrogens with two attached hydrogens (primary N) is 1. The molecule has 2 aromatic rings. The van der Waals surface area contributed by atoms with Crippen molar-refractivity contribution in [2.24, 2.45) is 5.73 Å². The van der Waals surface area contributed by atoms with E-state index in [1.54, 1.807) is 24.3 Å². The van der Waals surface area contributed by atoms with Crippen LogP contribution in [-0.2, 0) is 16.0 Å². The third-order valence-electron chi connectivity index (χ3n) is 3.73. The van der Waals surface area contributed by atoms with E-state index in [2.05, 4.69) is 10.6 Å². The van der Waals surface area contributed by atoms with Gasteiger partial charge in [0.2, 0.25) is 11.8 Å². The number of aryl methyl sites for hydroxylation is 2. The zero-order valence-electron chi connectivity index (χ0n) is 15.4. The standard InChI is InChI=1S/C20H25N3O3.ClH/c1-15-2-4-16(5-3-15)6-11-19(24)22-14-20(25)23-17-7-9-18(10-8-17)26-13-12-21;/h2-5,7-10H,6,11-14,21H2,1H3,(H,22,24)(H,23,25);1H. The van der Waals surface area contributed by atoms with E-state index in [4.69, 9.17) is 10.5 Å². The van der Waals surface area contributed by atoms with Crippen molar-refractivity contribution in [2.45, 2.75) is 19.8 Å². The fourth-order valence-corrected chi connectivity index (χ4v) is 2.30. The van der Waals surface area contributed by atoms with Gasteiger partial charge in [0.25, 0.3) is 0 Å². The summed E-state index contributed by atoms with van der Waals surface area (Å²) in [5.41, 5.74) is 8.31. The zero-order chi connectivity index (χ0) is 18.8. The number of nitrogens with one attached hydrogen (secondary N) is 2. The molecule has 7 heteroatoms. The molecule has 0 saturated carbocycles. The van der Waals surface area contributed by atoms with Gasteiger partial charge in [-0.2, -0.15) is 0 Å². The number of halogens is 1. The van der Waals surface area contributed by atoms with Crippen molar-refractivity contribution in [2.75, 3.05) is 25.0 Å². The predicted octanol–water partition coefficient (Wildman–Crippen LogP) is 2.44. The number of hydrogen-bond acceptors (Lipinski definition) is 4. The third kappa shape index (κ3) is 8.57. The van der Waals surface area contributed by atoms with Gasteiger partial charge in [-0.15, -0.1) is 12.4 Å². The first-order valence-corrected chi connectivity index (χ1v) is 8.62. The molecule has 0 aromatic heterocycles. The van der Waals surface area contributed by atoms with Crippen molar-refractivity contribution < 1.29 is 14.3 Å². The maximum Gasteiger partial charge on any atom is 0.243 e. The molecule has 0 aliphatic heterocycles. The predicted molar refractivity (Wildman–Crippen MR) is 109 cm³/mol. The van der Waals surface area contributed by atoms with Crippen LogP contribution in [0.1, 0.15) is 17.5 Å². The van der Waals surface area contributed by atoms with Gasteiger partial charge in [-0.3, -0.25) is 9.59 Å². The number of amides is 2. The van der Waals surface area contributed by atoms with Crippen molar-refractivity contribution in [3.8, 4) is 5.75 Å². The van der Waals surface area contributed by atoms with Crippen LogP contribution in [0.4, 0.5) is 5.69 Å². The number of ether oxygens (including phenoxy) is 1. The van der Waals surface area contributed by atoms with Crippen LogP contribution in [0, 0.1) is 6.92 Å². The molecule has 0 saturated heterocycles. The number of rotatable bonds is 9. The second kappa shape index (κ2) is 11.9. The Kier molecular flexibility index (Phi) is 9.93. The molecule has 4 N–H and O–H groups in total. The molecule has 6 nitrogen and oxygen atoms in total. The van der Waals surface area contributed by atoms with E-state index in [0.29, 0.717) is 37.4 Å². The molecule has 0 bridgehead atoms. The smallest absolute Gasteiger partial charge is 0.243 e. The Morgan fingerprint density at radius 1 is 1.00 bits per heavy atom. The molecule has 27 heavy (non-hydrogen) atoms.